The fourth-order valence-corrected chi connectivity index (χ4v) is 2.80. The first kappa shape index (κ1) is 16.5. The van der Waals surface area contributed by atoms with Gasteiger partial charge in [-0.2, -0.15) is 5.10 Å². The summed E-state index contributed by atoms with van der Waals surface area (Å²) in [5, 5.41) is 4.30. The zero-order valence-electron chi connectivity index (χ0n) is 14.4. The minimum Gasteiger partial charge on any atom is -0.368 e. The Morgan fingerprint density at radius 2 is 1.71 bits per heavy atom. The third-order valence-corrected chi connectivity index (χ3v) is 4.28. The molecule has 128 valence electrons. The Bertz CT molecular complexity index is 709. The Balaban J connectivity index is 1.63. The van der Waals surface area contributed by atoms with Crippen LogP contribution in [-0.4, -0.2) is 46.8 Å². The highest BCUT2D eigenvalue weighted by Crippen LogP contribution is 2.19. The summed E-state index contributed by atoms with van der Waals surface area (Å²) in [6, 6.07) is 6.49. The summed E-state index contributed by atoms with van der Waals surface area (Å²) in [5.74, 6) is -0.215. The average molecular weight is 330 g/mol. The predicted octanol–water partition coefficient (Wildman–Crippen LogP) is 2.74. The van der Waals surface area contributed by atoms with Gasteiger partial charge >= 0.3 is 0 Å². The lowest BCUT2D eigenvalue weighted by molar-refractivity contribution is 0.0746. The van der Waals surface area contributed by atoms with Crippen molar-refractivity contribution in [2.75, 3.05) is 31.1 Å². The number of hydrogen-bond donors (Lipinski definition) is 0. The molecular weight excluding hydrogens is 307 g/mol. The van der Waals surface area contributed by atoms with Crippen molar-refractivity contribution in [2.24, 2.45) is 0 Å². The van der Waals surface area contributed by atoms with Crippen molar-refractivity contribution in [3.8, 4) is 0 Å². The van der Waals surface area contributed by atoms with E-state index in [0.717, 1.165) is 18.8 Å². The van der Waals surface area contributed by atoms with Crippen molar-refractivity contribution in [3.05, 3.63) is 48.0 Å². The second-order valence-electron chi connectivity index (χ2n) is 7.10. The van der Waals surface area contributed by atoms with E-state index >= 15 is 0 Å². The van der Waals surface area contributed by atoms with Crippen molar-refractivity contribution in [1.29, 1.82) is 0 Å². The van der Waals surface area contributed by atoms with Crippen LogP contribution in [-0.2, 0) is 5.54 Å². The number of rotatable bonds is 2. The average Bonchev–Trinajstić information content (AvgIpc) is 3.05. The molecule has 0 unspecified atom stereocenters. The molecule has 0 bridgehead atoms. The van der Waals surface area contributed by atoms with Gasteiger partial charge in [-0.15, -0.1) is 0 Å². The standard InChI is InChI=1S/C18H23FN4O/c1-18(2,3)23-13-14(12-20-23)17(24)22-10-8-21(9-11-22)16-6-4-15(19)5-7-16/h4-7,12-13H,8-11H2,1-3H3. The molecule has 1 aromatic carbocycles. The number of hydrogen-bond acceptors (Lipinski definition) is 3. The van der Waals surface area contributed by atoms with Gasteiger partial charge in [-0.25, -0.2) is 4.39 Å². The van der Waals surface area contributed by atoms with Gasteiger partial charge in [0, 0.05) is 38.1 Å². The van der Waals surface area contributed by atoms with E-state index in [1.165, 1.54) is 12.1 Å². The zero-order chi connectivity index (χ0) is 17.3. The van der Waals surface area contributed by atoms with Crippen LogP contribution >= 0.6 is 0 Å². The first-order valence-electron chi connectivity index (χ1n) is 8.19. The lowest BCUT2D eigenvalue weighted by atomic mass is 10.1. The van der Waals surface area contributed by atoms with Gasteiger partial charge < -0.3 is 9.80 Å². The monoisotopic (exact) mass is 330 g/mol. The summed E-state index contributed by atoms with van der Waals surface area (Å²) in [7, 11) is 0. The normalized spacial score (nSPS) is 15.7. The van der Waals surface area contributed by atoms with Crippen LogP contribution in [0.25, 0.3) is 0 Å². The quantitative estimate of drug-likeness (QED) is 0.850. The second-order valence-corrected chi connectivity index (χ2v) is 7.10. The molecule has 0 N–H and O–H groups in total. The van der Waals surface area contributed by atoms with Crippen LogP contribution in [0.3, 0.4) is 0 Å². The molecule has 1 aromatic heterocycles. The van der Waals surface area contributed by atoms with E-state index in [9.17, 15) is 9.18 Å². The van der Waals surface area contributed by atoms with Gasteiger partial charge in [0.25, 0.3) is 5.91 Å². The van der Waals surface area contributed by atoms with Gasteiger partial charge in [-0.05, 0) is 45.0 Å². The Hall–Kier alpha value is -2.37. The number of piperazine rings is 1. The molecule has 2 heterocycles. The summed E-state index contributed by atoms with van der Waals surface area (Å²) in [5.41, 5.74) is 1.48. The number of halogens is 1. The lowest BCUT2D eigenvalue weighted by Crippen LogP contribution is -2.48. The number of benzene rings is 1. The van der Waals surface area contributed by atoms with E-state index in [2.05, 4.69) is 30.8 Å². The largest absolute Gasteiger partial charge is 0.368 e. The van der Waals surface area contributed by atoms with Gasteiger partial charge in [0.15, 0.2) is 0 Å². The van der Waals surface area contributed by atoms with E-state index in [4.69, 9.17) is 0 Å². The summed E-state index contributed by atoms with van der Waals surface area (Å²) >= 11 is 0. The molecule has 1 fully saturated rings. The van der Waals surface area contributed by atoms with E-state index in [1.54, 1.807) is 18.3 Å². The zero-order valence-corrected chi connectivity index (χ0v) is 14.4. The van der Waals surface area contributed by atoms with Crippen molar-refractivity contribution < 1.29 is 9.18 Å². The van der Waals surface area contributed by atoms with Crippen LogP contribution in [0.4, 0.5) is 10.1 Å². The highest BCUT2D eigenvalue weighted by molar-refractivity contribution is 5.93. The van der Waals surface area contributed by atoms with Gasteiger partial charge in [0.05, 0.1) is 17.3 Å². The fraction of sp³-hybridized carbons (Fsp3) is 0.444. The predicted molar refractivity (Wildman–Crippen MR) is 91.7 cm³/mol. The number of amides is 1. The summed E-state index contributed by atoms with van der Waals surface area (Å²) in [4.78, 5) is 16.7. The molecular formula is C18H23FN4O. The molecule has 2 aromatic rings. The van der Waals surface area contributed by atoms with Crippen LogP contribution in [0.1, 0.15) is 31.1 Å². The minimum atomic E-state index is -0.233. The molecule has 3 rings (SSSR count). The van der Waals surface area contributed by atoms with E-state index in [0.29, 0.717) is 18.7 Å². The number of anilines is 1. The molecule has 1 aliphatic rings. The third kappa shape index (κ3) is 3.42. The number of aromatic nitrogens is 2. The van der Waals surface area contributed by atoms with Crippen molar-refractivity contribution in [1.82, 2.24) is 14.7 Å². The first-order valence-corrected chi connectivity index (χ1v) is 8.19. The van der Waals surface area contributed by atoms with Crippen LogP contribution in [0.2, 0.25) is 0 Å². The van der Waals surface area contributed by atoms with E-state index in [1.807, 2.05) is 15.8 Å². The fourth-order valence-electron chi connectivity index (χ4n) is 2.80. The molecule has 1 amide bonds. The Kier molecular flexibility index (Phi) is 4.30. The van der Waals surface area contributed by atoms with Crippen LogP contribution in [0, 0.1) is 5.82 Å². The SMILES string of the molecule is CC(C)(C)n1cc(C(=O)N2CCN(c3ccc(F)cc3)CC2)cn1. The van der Waals surface area contributed by atoms with Crippen molar-refractivity contribution in [2.45, 2.75) is 26.3 Å². The lowest BCUT2D eigenvalue weighted by Gasteiger charge is -2.36. The molecule has 0 spiro atoms. The molecule has 0 radical (unpaired) electrons. The van der Waals surface area contributed by atoms with Gasteiger partial charge in [0.1, 0.15) is 5.82 Å². The summed E-state index contributed by atoms with van der Waals surface area (Å²) in [6.07, 6.45) is 3.45. The third-order valence-electron chi connectivity index (χ3n) is 4.28. The van der Waals surface area contributed by atoms with Crippen LogP contribution in [0.15, 0.2) is 36.7 Å². The van der Waals surface area contributed by atoms with Crippen molar-refractivity contribution >= 4 is 11.6 Å². The first-order chi connectivity index (χ1) is 11.3. The van der Waals surface area contributed by atoms with Gasteiger partial charge in [-0.3, -0.25) is 9.48 Å². The molecule has 0 saturated carbocycles. The minimum absolute atomic E-state index is 0.0178. The molecule has 1 saturated heterocycles. The maximum Gasteiger partial charge on any atom is 0.257 e. The topological polar surface area (TPSA) is 41.4 Å². The molecule has 24 heavy (non-hydrogen) atoms. The highest BCUT2D eigenvalue weighted by Gasteiger charge is 2.24. The smallest absolute Gasteiger partial charge is 0.257 e. The van der Waals surface area contributed by atoms with Gasteiger partial charge in [0.2, 0.25) is 0 Å². The van der Waals surface area contributed by atoms with E-state index in [-0.39, 0.29) is 17.3 Å². The Labute approximate surface area is 141 Å². The summed E-state index contributed by atoms with van der Waals surface area (Å²) < 4.78 is 14.8. The van der Waals surface area contributed by atoms with Crippen LogP contribution < -0.4 is 4.90 Å². The molecule has 0 atom stereocenters. The van der Waals surface area contributed by atoms with Gasteiger partial charge in [-0.1, -0.05) is 0 Å². The molecule has 1 aliphatic heterocycles. The summed E-state index contributed by atoms with van der Waals surface area (Å²) in [6.45, 7) is 8.94. The maximum absolute atomic E-state index is 13.0. The maximum atomic E-state index is 13.0. The number of nitrogens with zero attached hydrogens (tertiary/aromatic N) is 4. The van der Waals surface area contributed by atoms with Crippen molar-refractivity contribution in [3.63, 3.8) is 0 Å². The van der Waals surface area contributed by atoms with E-state index < -0.39 is 0 Å². The van der Waals surface area contributed by atoms with Crippen LogP contribution in [0.5, 0.6) is 0 Å². The molecule has 6 heteroatoms. The Morgan fingerprint density at radius 3 is 2.25 bits per heavy atom. The number of carbonyl (C=O) groups is 1. The second kappa shape index (κ2) is 6.26. The number of carbonyl (C=O) groups excluding carboxylic acids is 1. The highest BCUT2D eigenvalue weighted by atomic mass is 19.1. The molecule has 0 aliphatic carbocycles. The Morgan fingerprint density at radius 1 is 1.08 bits per heavy atom. The molecule has 5 nitrogen and oxygen atoms in total.